The number of benzene rings is 1. The van der Waals surface area contributed by atoms with Gasteiger partial charge in [-0.25, -0.2) is 0 Å². The molecule has 1 atom stereocenters. The molecule has 0 saturated heterocycles. The molecule has 0 N–H and O–H groups in total. The lowest BCUT2D eigenvalue weighted by atomic mass is 10.1. The van der Waals surface area contributed by atoms with Crippen molar-refractivity contribution in [3.63, 3.8) is 0 Å². The Morgan fingerprint density at radius 3 is 2.45 bits per heavy atom. The SMILES string of the molecule is CC(C)=CCC/C(C)=C/C1C=C(c2ccccc2)[Si](C)(C)O1. The van der Waals surface area contributed by atoms with E-state index in [1.807, 2.05) is 0 Å². The van der Waals surface area contributed by atoms with Gasteiger partial charge in [0.1, 0.15) is 0 Å². The molecule has 1 unspecified atom stereocenters. The molecule has 1 aliphatic rings. The summed E-state index contributed by atoms with van der Waals surface area (Å²) in [6.07, 6.45) is 9.30. The number of hydrogen-bond acceptors (Lipinski definition) is 1. The highest BCUT2D eigenvalue weighted by Crippen LogP contribution is 2.35. The van der Waals surface area contributed by atoms with Gasteiger partial charge in [0.15, 0.2) is 0 Å². The first-order valence-corrected chi connectivity index (χ1v) is 11.1. The van der Waals surface area contributed by atoms with Crippen LogP contribution in [0.1, 0.15) is 39.2 Å². The van der Waals surface area contributed by atoms with Crippen LogP contribution in [0.15, 0.2) is 59.7 Å². The first kappa shape index (κ1) is 17.0. The summed E-state index contributed by atoms with van der Waals surface area (Å²) in [6.45, 7) is 11.1. The van der Waals surface area contributed by atoms with Crippen LogP contribution < -0.4 is 0 Å². The molecular weight excluding hydrogens is 284 g/mol. The minimum atomic E-state index is -1.78. The second-order valence-corrected chi connectivity index (χ2v) is 10.7. The Labute approximate surface area is 136 Å². The molecule has 2 heteroatoms. The van der Waals surface area contributed by atoms with Gasteiger partial charge >= 0.3 is 0 Å². The Hall–Kier alpha value is -1.38. The van der Waals surface area contributed by atoms with E-state index in [1.54, 1.807) is 0 Å². The third kappa shape index (κ3) is 4.55. The molecule has 0 bridgehead atoms. The fourth-order valence-corrected chi connectivity index (χ4v) is 5.27. The molecule has 1 aromatic rings. The van der Waals surface area contributed by atoms with Crippen molar-refractivity contribution < 1.29 is 4.43 Å². The summed E-state index contributed by atoms with van der Waals surface area (Å²) >= 11 is 0. The lowest BCUT2D eigenvalue weighted by molar-refractivity contribution is 0.305. The molecule has 0 radical (unpaired) electrons. The highest BCUT2D eigenvalue weighted by Gasteiger charge is 2.36. The fraction of sp³-hybridized carbons (Fsp3) is 0.400. The van der Waals surface area contributed by atoms with Gasteiger partial charge < -0.3 is 4.43 Å². The van der Waals surface area contributed by atoms with Crippen LogP contribution in [0.25, 0.3) is 5.20 Å². The lowest BCUT2D eigenvalue weighted by Gasteiger charge is -2.21. The average molecular weight is 313 g/mol. The second-order valence-electron chi connectivity index (χ2n) is 6.87. The zero-order valence-corrected chi connectivity index (χ0v) is 15.5. The third-order valence-corrected chi connectivity index (χ3v) is 6.65. The van der Waals surface area contributed by atoms with Gasteiger partial charge in [-0.2, -0.15) is 0 Å². The normalized spacial score (nSPS) is 20.7. The van der Waals surface area contributed by atoms with E-state index in [9.17, 15) is 0 Å². The lowest BCUT2D eigenvalue weighted by Crippen LogP contribution is -2.30. The molecule has 0 aliphatic carbocycles. The standard InChI is InChI=1S/C20H28OSi/c1-16(2)10-9-11-17(3)14-19-15-20(22(4,5)21-19)18-12-7-6-8-13-18/h6-8,10,12-15,19H,9,11H2,1-5H3/b17-14+. The van der Waals surface area contributed by atoms with Gasteiger partial charge in [0.25, 0.3) is 0 Å². The van der Waals surface area contributed by atoms with Crippen molar-refractivity contribution in [1.82, 2.24) is 0 Å². The summed E-state index contributed by atoms with van der Waals surface area (Å²) in [5, 5.41) is 1.42. The molecule has 1 heterocycles. The van der Waals surface area contributed by atoms with Gasteiger partial charge in [-0.05, 0) is 57.5 Å². The van der Waals surface area contributed by atoms with Crippen LogP contribution in [-0.4, -0.2) is 14.4 Å². The number of hydrogen-bond donors (Lipinski definition) is 0. The maximum absolute atomic E-state index is 6.37. The minimum absolute atomic E-state index is 0.142. The van der Waals surface area contributed by atoms with Crippen molar-refractivity contribution in [1.29, 1.82) is 0 Å². The Balaban J connectivity index is 2.11. The maximum atomic E-state index is 6.37. The van der Waals surface area contributed by atoms with Crippen LogP contribution in [0.4, 0.5) is 0 Å². The van der Waals surface area contributed by atoms with E-state index in [2.05, 4.69) is 82.4 Å². The van der Waals surface area contributed by atoms with Crippen molar-refractivity contribution in [3.8, 4) is 0 Å². The van der Waals surface area contributed by atoms with Crippen molar-refractivity contribution in [2.45, 2.75) is 52.8 Å². The van der Waals surface area contributed by atoms with Crippen LogP contribution >= 0.6 is 0 Å². The molecule has 0 aromatic heterocycles. The van der Waals surface area contributed by atoms with Crippen molar-refractivity contribution in [3.05, 3.63) is 65.3 Å². The van der Waals surface area contributed by atoms with Crippen LogP contribution in [0.3, 0.4) is 0 Å². The maximum Gasteiger partial charge on any atom is 0.219 e. The van der Waals surface area contributed by atoms with Crippen LogP contribution in [0.2, 0.25) is 13.1 Å². The summed E-state index contributed by atoms with van der Waals surface area (Å²) in [4.78, 5) is 0. The van der Waals surface area contributed by atoms with E-state index in [-0.39, 0.29) is 6.10 Å². The van der Waals surface area contributed by atoms with Crippen molar-refractivity contribution >= 4 is 13.5 Å². The van der Waals surface area contributed by atoms with Gasteiger partial charge in [-0.3, -0.25) is 0 Å². The van der Waals surface area contributed by atoms with Crippen LogP contribution in [0, 0.1) is 0 Å². The molecule has 1 nitrogen and oxygen atoms in total. The van der Waals surface area contributed by atoms with Crippen LogP contribution in [-0.2, 0) is 4.43 Å². The van der Waals surface area contributed by atoms with Crippen molar-refractivity contribution in [2.75, 3.05) is 0 Å². The fourth-order valence-electron chi connectivity index (χ4n) is 2.90. The smallest absolute Gasteiger partial charge is 0.219 e. The number of allylic oxidation sites excluding steroid dienone is 3. The predicted octanol–water partition coefficient (Wildman–Crippen LogP) is 5.91. The summed E-state index contributed by atoms with van der Waals surface area (Å²) in [5.41, 5.74) is 4.12. The molecule has 0 amide bonds. The van der Waals surface area contributed by atoms with E-state index in [0.29, 0.717) is 0 Å². The van der Waals surface area contributed by atoms with Gasteiger partial charge in [-0.15, -0.1) is 0 Å². The second kappa shape index (κ2) is 7.25. The molecule has 1 aromatic carbocycles. The summed E-state index contributed by atoms with van der Waals surface area (Å²) in [7, 11) is -1.78. The zero-order valence-electron chi connectivity index (χ0n) is 14.5. The van der Waals surface area contributed by atoms with E-state index in [4.69, 9.17) is 4.43 Å². The molecule has 22 heavy (non-hydrogen) atoms. The Morgan fingerprint density at radius 1 is 1.14 bits per heavy atom. The molecule has 0 fully saturated rings. The minimum Gasteiger partial charge on any atom is -0.403 e. The Kier molecular flexibility index (Phi) is 5.60. The summed E-state index contributed by atoms with van der Waals surface area (Å²) < 4.78 is 6.37. The van der Waals surface area contributed by atoms with E-state index >= 15 is 0 Å². The topological polar surface area (TPSA) is 9.23 Å². The van der Waals surface area contributed by atoms with Gasteiger partial charge in [0, 0.05) is 0 Å². The molecule has 2 rings (SSSR count). The first-order chi connectivity index (χ1) is 10.4. The molecule has 0 saturated carbocycles. The molecular formula is C20H28OSi. The quantitative estimate of drug-likeness (QED) is 0.485. The third-order valence-electron chi connectivity index (χ3n) is 4.04. The Morgan fingerprint density at radius 2 is 1.82 bits per heavy atom. The summed E-state index contributed by atoms with van der Waals surface area (Å²) in [5.74, 6) is 0. The Bertz CT molecular complexity index is 589. The average Bonchev–Trinajstić information content (AvgIpc) is 2.73. The van der Waals surface area contributed by atoms with Crippen molar-refractivity contribution in [2.24, 2.45) is 0 Å². The van der Waals surface area contributed by atoms with E-state index < -0.39 is 8.32 Å². The monoisotopic (exact) mass is 312 g/mol. The van der Waals surface area contributed by atoms with Gasteiger partial charge in [-0.1, -0.05) is 59.7 Å². The number of rotatable bonds is 5. The molecule has 118 valence electrons. The summed E-state index contributed by atoms with van der Waals surface area (Å²) in [6, 6.07) is 10.7. The van der Waals surface area contributed by atoms with E-state index in [1.165, 1.54) is 21.9 Å². The van der Waals surface area contributed by atoms with Gasteiger partial charge in [0.2, 0.25) is 8.32 Å². The highest BCUT2D eigenvalue weighted by atomic mass is 28.4. The van der Waals surface area contributed by atoms with E-state index in [0.717, 1.165) is 12.8 Å². The highest BCUT2D eigenvalue weighted by molar-refractivity contribution is 6.90. The van der Waals surface area contributed by atoms with Gasteiger partial charge in [0.05, 0.1) is 6.10 Å². The predicted molar refractivity (Wildman–Crippen MR) is 99.2 cm³/mol. The zero-order chi connectivity index (χ0) is 16.2. The van der Waals surface area contributed by atoms with Crippen LogP contribution in [0.5, 0.6) is 0 Å². The first-order valence-electron chi connectivity index (χ1n) is 8.15. The largest absolute Gasteiger partial charge is 0.403 e. The molecule has 1 aliphatic heterocycles. The molecule has 0 spiro atoms.